The second-order valence-electron chi connectivity index (χ2n) is 7.79. The van der Waals surface area contributed by atoms with Gasteiger partial charge in [-0.25, -0.2) is 8.42 Å². The monoisotopic (exact) mass is 453 g/mol. The van der Waals surface area contributed by atoms with Gasteiger partial charge in [0.05, 0.1) is 9.82 Å². The van der Waals surface area contributed by atoms with Crippen LogP contribution in [-0.2, 0) is 21.4 Å². The van der Waals surface area contributed by atoms with Gasteiger partial charge in [0.1, 0.15) is 0 Å². The zero-order valence-corrected chi connectivity index (χ0v) is 18.1. The fourth-order valence-corrected chi connectivity index (χ4v) is 5.51. The molecule has 3 aromatic rings. The Hall–Kier alpha value is -3.30. The van der Waals surface area contributed by atoms with Gasteiger partial charge in [-0.05, 0) is 35.7 Å². The first-order valence-electron chi connectivity index (χ1n) is 10.4. The van der Waals surface area contributed by atoms with Gasteiger partial charge in [0.25, 0.3) is 5.69 Å². The maximum atomic E-state index is 13.1. The van der Waals surface area contributed by atoms with Crippen LogP contribution in [0.5, 0.6) is 0 Å². The van der Waals surface area contributed by atoms with Crippen LogP contribution in [0.1, 0.15) is 18.4 Å². The van der Waals surface area contributed by atoms with E-state index >= 15 is 0 Å². The van der Waals surface area contributed by atoms with E-state index in [1.165, 1.54) is 10.4 Å². The Bertz CT molecular complexity index is 1270. The van der Waals surface area contributed by atoms with Crippen molar-refractivity contribution >= 4 is 32.4 Å². The molecule has 0 spiro atoms. The van der Waals surface area contributed by atoms with Gasteiger partial charge in [-0.2, -0.15) is 4.31 Å². The second-order valence-corrected chi connectivity index (χ2v) is 9.73. The SMILES string of the molecule is O=C(NCc1ccccc1[N+](=O)[O-])C1CCN(S(=O)(=O)c2ccc3ccccc3c2)CC1. The second kappa shape index (κ2) is 9.05. The van der Waals surface area contributed by atoms with Crippen LogP contribution in [-0.4, -0.2) is 36.6 Å². The number of rotatable bonds is 6. The quantitative estimate of drug-likeness (QED) is 0.454. The van der Waals surface area contributed by atoms with Crippen LogP contribution < -0.4 is 5.32 Å². The van der Waals surface area contributed by atoms with E-state index in [0.29, 0.717) is 18.4 Å². The Morgan fingerprint density at radius 3 is 2.38 bits per heavy atom. The molecule has 166 valence electrons. The molecule has 0 unspecified atom stereocenters. The van der Waals surface area contributed by atoms with Crippen molar-refractivity contribution in [3.8, 4) is 0 Å². The van der Waals surface area contributed by atoms with Crippen molar-refractivity contribution in [3.05, 3.63) is 82.4 Å². The number of piperidine rings is 1. The number of nitro groups is 1. The van der Waals surface area contributed by atoms with Crippen molar-refractivity contribution in [2.75, 3.05) is 13.1 Å². The zero-order valence-electron chi connectivity index (χ0n) is 17.3. The standard InChI is InChI=1S/C23H23N3O5S/c27-23(24-16-20-7-3-4-8-22(20)26(28)29)18-11-13-25(14-12-18)32(30,31)21-10-9-17-5-1-2-6-19(17)15-21/h1-10,15,18H,11-14,16H2,(H,24,27). The summed E-state index contributed by atoms with van der Waals surface area (Å²) in [6.45, 7) is 0.559. The highest BCUT2D eigenvalue weighted by Crippen LogP contribution is 2.26. The van der Waals surface area contributed by atoms with E-state index in [0.717, 1.165) is 10.8 Å². The average Bonchev–Trinajstić information content (AvgIpc) is 2.82. The van der Waals surface area contributed by atoms with Crippen LogP contribution >= 0.6 is 0 Å². The Balaban J connectivity index is 1.38. The van der Waals surface area contributed by atoms with Gasteiger partial charge in [-0.15, -0.1) is 0 Å². The molecule has 1 saturated heterocycles. The molecule has 1 aliphatic heterocycles. The lowest BCUT2D eigenvalue weighted by Gasteiger charge is -2.30. The van der Waals surface area contributed by atoms with Gasteiger partial charge in [0, 0.05) is 37.2 Å². The number of amides is 1. The number of nitro benzene ring substituents is 1. The van der Waals surface area contributed by atoms with Crippen molar-refractivity contribution < 1.29 is 18.1 Å². The summed E-state index contributed by atoms with van der Waals surface area (Å²) >= 11 is 0. The molecule has 0 aliphatic carbocycles. The molecule has 32 heavy (non-hydrogen) atoms. The maximum absolute atomic E-state index is 13.1. The molecule has 1 fully saturated rings. The Morgan fingerprint density at radius 2 is 1.66 bits per heavy atom. The molecule has 0 saturated carbocycles. The minimum Gasteiger partial charge on any atom is -0.352 e. The van der Waals surface area contributed by atoms with Gasteiger partial charge >= 0.3 is 0 Å². The molecule has 0 radical (unpaired) electrons. The van der Waals surface area contributed by atoms with Crippen molar-refractivity contribution in [1.29, 1.82) is 0 Å². The molecule has 1 heterocycles. The third kappa shape index (κ3) is 4.49. The molecule has 8 nitrogen and oxygen atoms in total. The number of hydrogen-bond donors (Lipinski definition) is 1. The number of nitrogens with one attached hydrogen (secondary N) is 1. The molecular weight excluding hydrogens is 430 g/mol. The summed E-state index contributed by atoms with van der Waals surface area (Å²) in [7, 11) is -3.65. The predicted molar refractivity (Wildman–Crippen MR) is 120 cm³/mol. The summed E-state index contributed by atoms with van der Waals surface area (Å²) < 4.78 is 27.6. The van der Waals surface area contributed by atoms with E-state index in [1.54, 1.807) is 36.4 Å². The first kappa shape index (κ1) is 21.9. The minimum absolute atomic E-state index is 0.0379. The van der Waals surface area contributed by atoms with Crippen LogP contribution in [0.15, 0.2) is 71.6 Å². The number of fused-ring (bicyclic) bond motifs is 1. The van der Waals surface area contributed by atoms with Gasteiger partial charge in [0.2, 0.25) is 15.9 Å². The number of hydrogen-bond acceptors (Lipinski definition) is 5. The van der Waals surface area contributed by atoms with Crippen LogP contribution in [0.2, 0.25) is 0 Å². The van der Waals surface area contributed by atoms with Crippen LogP contribution in [0.4, 0.5) is 5.69 Å². The third-order valence-corrected chi connectivity index (χ3v) is 7.72. The van der Waals surface area contributed by atoms with E-state index < -0.39 is 14.9 Å². The maximum Gasteiger partial charge on any atom is 0.274 e. The highest BCUT2D eigenvalue weighted by molar-refractivity contribution is 7.89. The number of benzene rings is 3. The topological polar surface area (TPSA) is 110 Å². The molecule has 3 aromatic carbocycles. The molecular formula is C23H23N3O5S. The first-order valence-corrected chi connectivity index (χ1v) is 11.8. The molecule has 0 atom stereocenters. The number of sulfonamides is 1. The molecule has 9 heteroatoms. The Kier molecular flexibility index (Phi) is 6.20. The summed E-state index contributed by atoms with van der Waals surface area (Å²) in [5.74, 6) is -0.549. The summed E-state index contributed by atoms with van der Waals surface area (Å²) in [5, 5.41) is 15.7. The van der Waals surface area contributed by atoms with Crippen molar-refractivity contribution in [3.63, 3.8) is 0 Å². The minimum atomic E-state index is -3.65. The molecule has 0 aromatic heterocycles. The zero-order chi connectivity index (χ0) is 22.7. The number of para-hydroxylation sites is 1. The Labute approximate surface area is 186 Å². The Morgan fingerprint density at radius 1 is 1.00 bits per heavy atom. The largest absolute Gasteiger partial charge is 0.352 e. The number of nitrogens with zero attached hydrogens (tertiary/aromatic N) is 2. The smallest absolute Gasteiger partial charge is 0.274 e. The van der Waals surface area contributed by atoms with E-state index in [1.807, 2.05) is 24.3 Å². The molecule has 1 amide bonds. The average molecular weight is 454 g/mol. The van der Waals surface area contributed by atoms with E-state index in [9.17, 15) is 23.3 Å². The summed E-state index contributed by atoms with van der Waals surface area (Å²) in [6, 6.07) is 18.9. The summed E-state index contributed by atoms with van der Waals surface area (Å²) in [4.78, 5) is 23.5. The fraction of sp³-hybridized carbons (Fsp3) is 0.261. The van der Waals surface area contributed by atoms with E-state index in [4.69, 9.17) is 0 Å². The van der Waals surface area contributed by atoms with Crippen molar-refractivity contribution in [1.82, 2.24) is 9.62 Å². The lowest BCUT2D eigenvalue weighted by molar-refractivity contribution is -0.385. The number of carbonyl (C=O) groups excluding carboxylic acids is 1. The normalized spacial score (nSPS) is 15.5. The molecule has 4 rings (SSSR count). The first-order chi connectivity index (χ1) is 15.4. The highest BCUT2D eigenvalue weighted by Gasteiger charge is 2.32. The van der Waals surface area contributed by atoms with Crippen molar-refractivity contribution in [2.45, 2.75) is 24.3 Å². The van der Waals surface area contributed by atoms with Crippen molar-refractivity contribution in [2.24, 2.45) is 5.92 Å². The van der Waals surface area contributed by atoms with Gasteiger partial charge in [-0.3, -0.25) is 14.9 Å². The van der Waals surface area contributed by atoms with Crippen LogP contribution in [0.25, 0.3) is 10.8 Å². The molecule has 0 bridgehead atoms. The van der Waals surface area contributed by atoms with Crippen LogP contribution in [0.3, 0.4) is 0 Å². The summed E-state index contributed by atoms with van der Waals surface area (Å²) in [6.07, 6.45) is 0.797. The lowest BCUT2D eigenvalue weighted by atomic mass is 9.97. The predicted octanol–water partition coefficient (Wildman–Crippen LogP) is 3.47. The highest BCUT2D eigenvalue weighted by atomic mass is 32.2. The molecule has 1 N–H and O–H groups in total. The third-order valence-electron chi connectivity index (χ3n) is 5.82. The summed E-state index contributed by atoms with van der Waals surface area (Å²) in [5.41, 5.74) is 0.395. The van der Waals surface area contributed by atoms with Gasteiger partial charge < -0.3 is 5.32 Å². The molecule has 1 aliphatic rings. The van der Waals surface area contributed by atoms with Gasteiger partial charge in [-0.1, -0.05) is 48.5 Å². The van der Waals surface area contributed by atoms with E-state index in [2.05, 4.69) is 5.32 Å². The van der Waals surface area contributed by atoms with Crippen LogP contribution in [0, 0.1) is 16.0 Å². The number of carbonyl (C=O) groups is 1. The van der Waals surface area contributed by atoms with E-state index in [-0.39, 0.29) is 42.0 Å². The lowest BCUT2D eigenvalue weighted by Crippen LogP contribution is -2.42. The fourth-order valence-electron chi connectivity index (χ4n) is 4.00. The van der Waals surface area contributed by atoms with Gasteiger partial charge in [0.15, 0.2) is 0 Å².